The lowest BCUT2D eigenvalue weighted by atomic mass is 9.86. The second-order valence-corrected chi connectivity index (χ2v) is 5.57. The van der Waals surface area contributed by atoms with Gasteiger partial charge in [0.15, 0.2) is 0 Å². The van der Waals surface area contributed by atoms with Crippen molar-refractivity contribution >= 4 is 0 Å². The molecule has 0 aromatic heterocycles. The summed E-state index contributed by atoms with van der Waals surface area (Å²) in [6.07, 6.45) is 2.49. The largest absolute Gasteiger partial charge is 0.310 e. The van der Waals surface area contributed by atoms with Gasteiger partial charge in [0, 0.05) is 12.6 Å². The molecular weight excluding hydrogens is 194 g/mol. The van der Waals surface area contributed by atoms with Gasteiger partial charge in [0.2, 0.25) is 0 Å². The van der Waals surface area contributed by atoms with Gasteiger partial charge >= 0.3 is 0 Å². The van der Waals surface area contributed by atoms with Gasteiger partial charge in [0.25, 0.3) is 0 Å². The van der Waals surface area contributed by atoms with E-state index in [-0.39, 0.29) is 0 Å². The maximum atomic E-state index is 3.67. The van der Waals surface area contributed by atoms with Gasteiger partial charge < -0.3 is 5.32 Å². The van der Waals surface area contributed by atoms with E-state index in [1.54, 1.807) is 11.1 Å². The Balaban J connectivity index is 2.23. The lowest BCUT2D eigenvalue weighted by Crippen LogP contribution is -2.37. The molecule has 0 radical (unpaired) electrons. The normalized spacial score (nSPS) is 19.9. The summed E-state index contributed by atoms with van der Waals surface area (Å²) in [5.74, 6) is 0.782. The van der Waals surface area contributed by atoms with Gasteiger partial charge in [0.05, 0.1) is 0 Å². The number of nitrogens with one attached hydrogen (secondary N) is 1. The molecule has 16 heavy (non-hydrogen) atoms. The van der Waals surface area contributed by atoms with Crippen molar-refractivity contribution in [2.24, 2.45) is 5.92 Å². The highest BCUT2D eigenvalue weighted by Gasteiger charge is 2.21. The first-order valence-electron chi connectivity index (χ1n) is 6.39. The fraction of sp³-hybridized carbons (Fsp3) is 0.600. The van der Waals surface area contributed by atoms with Crippen molar-refractivity contribution in [3.63, 3.8) is 0 Å². The van der Waals surface area contributed by atoms with Crippen LogP contribution in [-0.2, 0) is 13.0 Å². The standard InChI is InChI=1S/C15H23N/c1-10(2)7-13-8-14-11(3)5-6-12(4)15(14)9-16-13/h5-6,10,13,16H,7-9H2,1-4H3. The minimum absolute atomic E-state index is 0.674. The first kappa shape index (κ1) is 11.7. The van der Waals surface area contributed by atoms with Crippen LogP contribution in [0.25, 0.3) is 0 Å². The van der Waals surface area contributed by atoms with Crippen LogP contribution in [0.1, 0.15) is 42.5 Å². The summed E-state index contributed by atoms with van der Waals surface area (Å²) < 4.78 is 0. The average Bonchev–Trinajstić information content (AvgIpc) is 2.23. The molecule has 1 heterocycles. The Kier molecular flexibility index (Phi) is 3.34. The highest BCUT2D eigenvalue weighted by Crippen LogP contribution is 2.25. The molecule has 0 aliphatic carbocycles. The zero-order chi connectivity index (χ0) is 11.7. The van der Waals surface area contributed by atoms with E-state index in [2.05, 4.69) is 45.1 Å². The maximum absolute atomic E-state index is 3.67. The molecular formula is C15H23N. The smallest absolute Gasteiger partial charge is 0.0213 e. The average molecular weight is 217 g/mol. The van der Waals surface area contributed by atoms with Crippen LogP contribution in [0, 0.1) is 19.8 Å². The third kappa shape index (κ3) is 2.30. The molecule has 1 heteroatoms. The first-order chi connectivity index (χ1) is 7.58. The first-order valence-corrected chi connectivity index (χ1v) is 6.39. The Morgan fingerprint density at radius 1 is 1.19 bits per heavy atom. The highest BCUT2D eigenvalue weighted by atomic mass is 14.9. The summed E-state index contributed by atoms with van der Waals surface area (Å²) in [5, 5.41) is 3.67. The van der Waals surface area contributed by atoms with E-state index in [0.29, 0.717) is 6.04 Å². The molecule has 2 rings (SSSR count). The van der Waals surface area contributed by atoms with Crippen LogP contribution in [0.4, 0.5) is 0 Å². The summed E-state index contributed by atoms with van der Waals surface area (Å²) in [6, 6.07) is 5.19. The third-order valence-electron chi connectivity index (χ3n) is 3.67. The minimum Gasteiger partial charge on any atom is -0.310 e. The number of rotatable bonds is 2. The van der Waals surface area contributed by atoms with E-state index in [1.807, 2.05) is 0 Å². The van der Waals surface area contributed by atoms with E-state index in [4.69, 9.17) is 0 Å². The van der Waals surface area contributed by atoms with Gasteiger partial charge in [-0.1, -0.05) is 26.0 Å². The molecule has 1 aliphatic rings. The second kappa shape index (κ2) is 4.58. The fourth-order valence-electron chi connectivity index (χ4n) is 2.76. The Labute approximate surface area is 99.3 Å². The van der Waals surface area contributed by atoms with Crippen molar-refractivity contribution in [3.8, 4) is 0 Å². The molecule has 1 aromatic carbocycles. The van der Waals surface area contributed by atoms with Crippen molar-refractivity contribution in [1.82, 2.24) is 5.32 Å². The number of hydrogen-bond donors (Lipinski definition) is 1. The summed E-state index contributed by atoms with van der Waals surface area (Å²) in [6.45, 7) is 10.1. The van der Waals surface area contributed by atoms with E-state index >= 15 is 0 Å². The molecule has 0 amide bonds. The Morgan fingerprint density at radius 3 is 2.44 bits per heavy atom. The van der Waals surface area contributed by atoms with Crippen molar-refractivity contribution in [2.45, 2.75) is 53.1 Å². The predicted molar refractivity (Wildman–Crippen MR) is 69.7 cm³/mol. The summed E-state index contributed by atoms with van der Waals surface area (Å²) in [7, 11) is 0. The molecule has 0 saturated carbocycles. The Hall–Kier alpha value is -0.820. The summed E-state index contributed by atoms with van der Waals surface area (Å²) >= 11 is 0. The van der Waals surface area contributed by atoms with Crippen molar-refractivity contribution in [2.75, 3.05) is 0 Å². The lowest BCUT2D eigenvalue weighted by Gasteiger charge is -2.29. The zero-order valence-corrected chi connectivity index (χ0v) is 10.9. The molecule has 1 N–H and O–H groups in total. The van der Waals surface area contributed by atoms with E-state index in [9.17, 15) is 0 Å². The van der Waals surface area contributed by atoms with Gasteiger partial charge in [-0.3, -0.25) is 0 Å². The molecule has 0 spiro atoms. The topological polar surface area (TPSA) is 12.0 Å². The van der Waals surface area contributed by atoms with Crippen LogP contribution in [0.15, 0.2) is 12.1 Å². The predicted octanol–water partition coefficient (Wildman–Crippen LogP) is 3.36. The zero-order valence-electron chi connectivity index (χ0n) is 10.9. The Bertz CT molecular complexity index is 379. The Morgan fingerprint density at radius 2 is 1.81 bits per heavy atom. The number of fused-ring (bicyclic) bond motifs is 1. The van der Waals surface area contributed by atoms with Gasteiger partial charge in [0.1, 0.15) is 0 Å². The second-order valence-electron chi connectivity index (χ2n) is 5.57. The molecule has 0 bridgehead atoms. The quantitative estimate of drug-likeness (QED) is 0.801. The summed E-state index contributed by atoms with van der Waals surface area (Å²) in [5.41, 5.74) is 6.05. The molecule has 1 aliphatic heterocycles. The van der Waals surface area contributed by atoms with Gasteiger partial charge in [-0.05, 0) is 54.9 Å². The SMILES string of the molecule is Cc1ccc(C)c2c1CNC(CC(C)C)C2. The number of benzene rings is 1. The van der Waals surface area contributed by atoms with Crippen LogP contribution in [0.2, 0.25) is 0 Å². The minimum atomic E-state index is 0.674. The van der Waals surface area contributed by atoms with Crippen LogP contribution in [0.3, 0.4) is 0 Å². The van der Waals surface area contributed by atoms with Crippen molar-refractivity contribution in [3.05, 3.63) is 34.4 Å². The third-order valence-corrected chi connectivity index (χ3v) is 3.67. The van der Waals surface area contributed by atoms with Crippen LogP contribution in [0.5, 0.6) is 0 Å². The lowest BCUT2D eigenvalue weighted by molar-refractivity contribution is 0.396. The highest BCUT2D eigenvalue weighted by molar-refractivity contribution is 5.41. The van der Waals surface area contributed by atoms with Crippen molar-refractivity contribution in [1.29, 1.82) is 0 Å². The van der Waals surface area contributed by atoms with E-state index < -0.39 is 0 Å². The molecule has 1 aromatic rings. The molecule has 88 valence electrons. The van der Waals surface area contributed by atoms with Gasteiger partial charge in [-0.15, -0.1) is 0 Å². The van der Waals surface area contributed by atoms with Crippen LogP contribution >= 0.6 is 0 Å². The van der Waals surface area contributed by atoms with Gasteiger partial charge in [-0.2, -0.15) is 0 Å². The molecule has 0 saturated heterocycles. The van der Waals surface area contributed by atoms with E-state index in [0.717, 1.165) is 12.5 Å². The van der Waals surface area contributed by atoms with Crippen molar-refractivity contribution < 1.29 is 0 Å². The van der Waals surface area contributed by atoms with Crippen LogP contribution in [-0.4, -0.2) is 6.04 Å². The number of aryl methyl sites for hydroxylation is 2. The molecule has 1 nitrogen and oxygen atoms in total. The van der Waals surface area contributed by atoms with Gasteiger partial charge in [-0.25, -0.2) is 0 Å². The summed E-state index contributed by atoms with van der Waals surface area (Å²) in [4.78, 5) is 0. The number of hydrogen-bond acceptors (Lipinski definition) is 1. The molecule has 0 fully saturated rings. The molecule has 1 unspecified atom stereocenters. The van der Waals surface area contributed by atoms with Crippen LogP contribution < -0.4 is 5.32 Å². The maximum Gasteiger partial charge on any atom is 0.0213 e. The fourth-order valence-corrected chi connectivity index (χ4v) is 2.76. The van der Waals surface area contributed by atoms with E-state index in [1.165, 1.54) is 24.0 Å². The monoisotopic (exact) mass is 217 g/mol. The molecule has 1 atom stereocenters.